The van der Waals surface area contributed by atoms with Crippen LogP contribution in [-0.2, 0) is 11.3 Å². The molecule has 1 atom stereocenters. The summed E-state index contributed by atoms with van der Waals surface area (Å²) < 4.78 is 11.4. The van der Waals surface area contributed by atoms with E-state index in [9.17, 15) is 4.79 Å². The number of nitrogens with one attached hydrogen (secondary N) is 1. The number of piperidine rings is 1. The average molecular weight is 344 g/mol. The summed E-state index contributed by atoms with van der Waals surface area (Å²) in [7, 11) is 0. The monoisotopic (exact) mass is 344 g/mol. The molecule has 2 heterocycles. The zero-order valence-electron chi connectivity index (χ0n) is 14.8. The van der Waals surface area contributed by atoms with Crippen LogP contribution in [0.3, 0.4) is 0 Å². The molecular weight excluding hydrogens is 316 g/mol. The Morgan fingerprint density at radius 1 is 1.32 bits per heavy atom. The van der Waals surface area contributed by atoms with E-state index in [1.165, 1.54) is 12.8 Å². The highest BCUT2D eigenvalue weighted by Crippen LogP contribution is 2.28. The highest BCUT2D eigenvalue weighted by Gasteiger charge is 2.30. The second-order valence-corrected chi connectivity index (χ2v) is 6.74. The summed E-state index contributed by atoms with van der Waals surface area (Å²) in [5, 5.41) is 3.02. The van der Waals surface area contributed by atoms with E-state index in [-0.39, 0.29) is 6.03 Å². The Morgan fingerprint density at radius 3 is 2.84 bits per heavy atom. The minimum absolute atomic E-state index is 0.00399. The third-order valence-electron chi connectivity index (χ3n) is 5.08. The highest BCUT2D eigenvalue weighted by molar-refractivity contribution is 5.74. The maximum absolute atomic E-state index is 12.5. The molecule has 25 heavy (non-hydrogen) atoms. The summed E-state index contributed by atoms with van der Waals surface area (Å²) in [6.45, 7) is 7.12. The minimum Gasteiger partial charge on any atom is -0.489 e. The van der Waals surface area contributed by atoms with Crippen LogP contribution in [0.2, 0.25) is 0 Å². The van der Waals surface area contributed by atoms with Crippen molar-refractivity contribution in [1.29, 1.82) is 0 Å². The van der Waals surface area contributed by atoms with Crippen LogP contribution in [-0.4, -0.2) is 43.3 Å². The Labute approximate surface area is 150 Å². The lowest BCUT2D eigenvalue weighted by molar-refractivity contribution is 0.0372. The molecule has 5 heteroatoms. The Bertz CT molecular complexity index is 576. The largest absolute Gasteiger partial charge is 0.489 e. The quantitative estimate of drug-likeness (QED) is 0.805. The molecule has 0 bridgehead atoms. The van der Waals surface area contributed by atoms with Gasteiger partial charge in [-0.1, -0.05) is 30.9 Å². The lowest BCUT2D eigenvalue weighted by atomic mass is 9.90. The number of carbonyl (C=O) groups is 1. The standard InChI is InChI=1S/C20H28N2O3/c1-2-13-24-19-7-4-3-6-17(19)15-21-20(23)22-11-9-16(10-12-22)18-8-5-14-25-18/h2-4,6-7,16,18H,1,5,8-15H2,(H,21,23). The SMILES string of the molecule is C=CCOc1ccccc1CNC(=O)N1CCC(C2CCCO2)CC1. The Hall–Kier alpha value is -2.01. The molecule has 2 saturated heterocycles. The van der Waals surface area contributed by atoms with Crippen molar-refractivity contribution in [2.45, 2.75) is 38.3 Å². The predicted octanol–water partition coefficient (Wildman–Crippen LogP) is 3.35. The number of nitrogens with zero attached hydrogens (tertiary/aromatic N) is 1. The molecule has 1 aromatic carbocycles. The van der Waals surface area contributed by atoms with Crippen molar-refractivity contribution in [2.75, 3.05) is 26.3 Å². The van der Waals surface area contributed by atoms with Gasteiger partial charge in [-0.2, -0.15) is 0 Å². The molecule has 0 saturated carbocycles. The zero-order chi connectivity index (χ0) is 17.5. The molecule has 3 rings (SSSR count). The summed E-state index contributed by atoms with van der Waals surface area (Å²) in [4.78, 5) is 14.4. The van der Waals surface area contributed by atoms with E-state index >= 15 is 0 Å². The number of hydrogen-bond donors (Lipinski definition) is 1. The van der Waals surface area contributed by atoms with Crippen LogP contribution >= 0.6 is 0 Å². The second kappa shape index (κ2) is 8.90. The van der Waals surface area contributed by atoms with Crippen LogP contribution in [0, 0.1) is 5.92 Å². The number of rotatable bonds is 6. The van der Waals surface area contributed by atoms with Gasteiger partial charge in [-0.3, -0.25) is 0 Å². The van der Waals surface area contributed by atoms with Gasteiger partial charge >= 0.3 is 6.03 Å². The number of benzene rings is 1. The van der Waals surface area contributed by atoms with Gasteiger partial charge in [0.05, 0.1) is 6.10 Å². The molecular formula is C20H28N2O3. The van der Waals surface area contributed by atoms with Crippen molar-refractivity contribution < 1.29 is 14.3 Å². The number of para-hydroxylation sites is 1. The Kier molecular flexibility index (Phi) is 6.34. The van der Waals surface area contributed by atoms with E-state index in [1.807, 2.05) is 29.2 Å². The number of likely N-dealkylation sites (tertiary alicyclic amines) is 1. The number of carbonyl (C=O) groups excluding carboxylic acids is 1. The van der Waals surface area contributed by atoms with Crippen LogP contribution in [0.25, 0.3) is 0 Å². The fourth-order valence-corrected chi connectivity index (χ4v) is 3.67. The Morgan fingerprint density at radius 2 is 2.12 bits per heavy atom. The fourth-order valence-electron chi connectivity index (χ4n) is 3.67. The topological polar surface area (TPSA) is 50.8 Å². The summed E-state index contributed by atoms with van der Waals surface area (Å²) >= 11 is 0. The molecule has 2 amide bonds. The van der Waals surface area contributed by atoms with Gasteiger partial charge in [0.1, 0.15) is 12.4 Å². The van der Waals surface area contributed by atoms with E-state index < -0.39 is 0 Å². The third kappa shape index (κ3) is 4.75. The van der Waals surface area contributed by atoms with Gasteiger partial charge in [0, 0.05) is 31.8 Å². The van der Waals surface area contributed by atoms with Crippen LogP contribution in [0.15, 0.2) is 36.9 Å². The average Bonchev–Trinajstić information content (AvgIpc) is 3.20. The predicted molar refractivity (Wildman–Crippen MR) is 97.6 cm³/mol. The van der Waals surface area contributed by atoms with Gasteiger partial charge in [0.15, 0.2) is 0 Å². The molecule has 1 aromatic rings. The van der Waals surface area contributed by atoms with E-state index in [4.69, 9.17) is 9.47 Å². The number of hydrogen-bond acceptors (Lipinski definition) is 3. The van der Waals surface area contributed by atoms with Gasteiger partial charge < -0.3 is 19.7 Å². The second-order valence-electron chi connectivity index (χ2n) is 6.74. The first kappa shape index (κ1) is 17.8. The molecule has 1 unspecified atom stereocenters. The Balaban J connectivity index is 1.46. The molecule has 2 fully saturated rings. The highest BCUT2D eigenvalue weighted by atomic mass is 16.5. The third-order valence-corrected chi connectivity index (χ3v) is 5.08. The van der Waals surface area contributed by atoms with Crippen LogP contribution in [0.1, 0.15) is 31.2 Å². The fraction of sp³-hybridized carbons (Fsp3) is 0.550. The number of urea groups is 1. The van der Waals surface area contributed by atoms with Crippen LogP contribution in [0.5, 0.6) is 5.75 Å². The molecule has 0 aliphatic carbocycles. The molecule has 2 aliphatic rings. The van der Waals surface area contributed by atoms with Gasteiger partial charge in [0.2, 0.25) is 0 Å². The van der Waals surface area contributed by atoms with Crippen molar-refractivity contribution in [3.05, 3.63) is 42.5 Å². The molecule has 0 aromatic heterocycles. The van der Waals surface area contributed by atoms with Crippen molar-refractivity contribution in [3.8, 4) is 5.75 Å². The summed E-state index contributed by atoms with van der Waals surface area (Å²) in [6, 6.07) is 7.78. The van der Waals surface area contributed by atoms with Gasteiger partial charge in [-0.05, 0) is 37.7 Å². The normalized spacial score (nSPS) is 21.1. The van der Waals surface area contributed by atoms with E-state index in [0.29, 0.717) is 25.2 Å². The molecule has 136 valence electrons. The molecule has 0 spiro atoms. The first-order valence-corrected chi connectivity index (χ1v) is 9.24. The molecule has 1 N–H and O–H groups in total. The van der Waals surface area contributed by atoms with Crippen molar-refractivity contribution in [3.63, 3.8) is 0 Å². The summed E-state index contributed by atoms with van der Waals surface area (Å²) in [5.41, 5.74) is 0.979. The van der Waals surface area contributed by atoms with E-state index in [1.54, 1.807) is 6.08 Å². The molecule has 0 radical (unpaired) electrons. The van der Waals surface area contributed by atoms with Crippen LogP contribution in [0.4, 0.5) is 4.79 Å². The summed E-state index contributed by atoms with van der Waals surface area (Å²) in [5.74, 6) is 1.40. The smallest absolute Gasteiger partial charge is 0.317 e. The van der Waals surface area contributed by atoms with Crippen molar-refractivity contribution in [1.82, 2.24) is 10.2 Å². The van der Waals surface area contributed by atoms with Gasteiger partial charge in [-0.15, -0.1) is 0 Å². The van der Waals surface area contributed by atoms with Crippen molar-refractivity contribution >= 4 is 6.03 Å². The first-order valence-electron chi connectivity index (χ1n) is 9.24. The molecule has 2 aliphatic heterocycles. The van der Waals surface area contributed by atoms with Crippen LogP contribution < -0.4 is 10.1 Å². The number of amides is 2. The molecule has 5 nitrogen and oxygen atoms in total. The zero-order valence-corrected chi connectivity index (χ0v) is 14.8. The maximum Gasteiger partial charge on any atom is 0.317 e. The van der Waals surface area contributed by atoms with Crippen molar-refractivity contribution in [2.24, 2.45) is 5.92 Å². The lowest BCUT2D eigenvalue weighted by Gasteiger charge is -2.34. The van der Waals surface area contributed by atoms with Gasteiger partial charge in [-0.25, -0.2) is 4.79 Å². The number of ether oxygens (including phenoxy) is 2. The summed E-state index contributed by atoms with van der Waals surface area (Å²) in [6.07, 6.45) is 6.57. The maximum atomic E-state index is 12.5. The first-order chi connectivity index (χ1) is 12.3. The van der Waals surface area contributed by atoms with E-state index in [0.717, 1.165) is 43.9 Å². The van der Waals surface area contributed by atoms with Gasteiger partial charge in [0.25, 0.3) is 0 Å². The van der Waals surface area contributed by atoms with E-state index in [2.05, 4.69) is 11.9 Å². The lowest BCUT2D eigenvalue weighted by Crippen LogP contribution is -2.45. The minimum atomic E-state index is 0.00399.